The fourth-order valence-corrected chi connectivity index (χ4v) is 7.96. The Morgan fingerprint density at radius 1 is 1.18 bits per heavy atom. The van der Waals surface area contributed by atoms with E-state index in [1.54, 1.807) is 20.8 Å². The highest BCUT2D eigenvalue weighted by molar-refractivity contribution is 8.16. The fraction of sp³-hybridized carbons (Fsp3) is 0.609. The molecule has 2 aliphatic heterocycles. The van der Waals surface area contributed by atoms with Gasteiger partial charge in [-0.25, -0.2) is 13.2 Å². The van der Waals surface area contributed by atoms with Crippen LogP contribution in [-0.2, 0) is 19.4 Å². The molecule has 0 unspecified atom stereocenters. The van der Waals surface area contributed by atoms with Gasteiger partial charge in [-0.2, -0.15) is 4.99 Å². The number of alkyl carbamates (subject to hydrolysis) is 1. The predicted octanol–water partition coefficient (Wildman–Crippen LogP) is 3.05. The van der Waals surface area contributed by atoms with E-state index in [0.717, 1.165) is 24.5 Å². The number of amidine groups is 1. The molecular formula is C23H34N4O5S2. The number of carbonyl (C=O) groups is 2. The highest BCUT2D eigenvalue weighted by Gasteiger charge is 2.49. The normalized spacial score (nSPS) is 22.5. The molecule has 188 valence electrons. The van der Waals surface area contributed by atoms with E-state index in [0.29, 0.717) is 5.17 Å². The number of hydrogen-bond donors (Lipinski definition) is 1. The van der Waals surface area contributed by atoms with Crippen molar-refractivity contribution < 1.29 is 22.7 Å². The van der Waals surface area contributed by atoms with Crippen LogP contribution in [0.3, 0.4) is 0 Å². The van der Waals surface area contributed by atoms with Gasteiger partial charge in [-0.15, -0.1) is 0 Å². The first kappa shape index (κ1) is 26.3. The third-order valence-electron chi connectivity index (χ3n) is 5.55. The molecule has 1 aromatic carbocycles. The van der Waals surface area contributed by atoms with Crippen LogP contribution in [0.5, 0.6) is 0 Å². The summed E-state index contributed by atoms with van der Waals surface area (Å²) in [5.74, 6) is -0.272. The molecule has 2 aliphatic rings. The minimum absolute atomic E-state index is 0.0195. The third kappa shape index (κ3) is 6.65. The topological polar surface area (TPSA) is 108 Å². The summed E-state index contributed by atoms with van der Waals surface area (Å²) in [6.07, 6.45) is -0.566. The number of nitrogens with one attached hydrogen (secondary N) is 1. The number of carbonyl (C=O) groups excluding carboxylic acids is 2. The SMILES string of the molecule is CCN(CC)c1ccc(N2C(=NC(=O)CCNC(=O)OC(C)(C)C)S[C@@H]3CS(=O)(=O)C[C@H]32)cc1. The molecule has 0 spiro atoms. The van der Waals surface area contributed by atoms with Crippen LogP contribution in [0.2, 0.25) is 0 Å². The smallest absolute Gasteiger partial charge is 0.407 e. The van der Waals surface area contributed by atoms with Crippen LogP contribution in [0.4, 0.5) is 16.2 Å². The van der Waals surface area contributed by atoms with E-state index >= 15 is 0 Å². The first-order chi connectivity index (χ1) is 15.9. The van der Waals surface area contributed by atoms with E-state index < -0.39 is 21.5 Å². The zero-order valence-corrected chi connectivity index (χ0v) is 22.0. The average molecular weight is 511 g/mol. The van der Waals surface area contributed by atoms with Gasteiger partial charge in [-0.05, 0) is 58.9 Å². The molecule has 0 radical (unpaired) electrons. The van der Waals surface area contributed by atoms with Gasteiger partial charge in [0.2, 0.25) is 5.91 Å². The van der Waals surface area contributed by atoms with Crippen molar-refractivity contribution in [2.45, 2.75) is 57.9 Å². The van der Waals surface area contributed by atoms with E-state index in [1.165, 1.54) is 11.8 Å². The number of benzene rings is 1. The number of rotatable bonds is 7. The third-order valence-corrected chi connectivity index (χ3v) is 8.76. The van der Waals surface area contributed by atoms with Gasteiger partial charge in [0.1, 0.15) is 5.60 Å². The zero-order valence-electron chi connectivity index (χ0n) is 20.4. The van der Waals surface area contributed by atoms with Gasteiger partial charge in [-0.3, -0.25) is 4.79 Å². The Bertz CT molecular complexity index is 1030. The molecule has 0 aliphatic carbocycles. The number of thioether (sulfide) groups is 1. The Kier molecular flexibility index (Phi) is 8.18. The number of nitrogens with zero attached hydrogens (tertiary/aromatic N) is 3. The second-order valence-corrected chi connectivity index (χ2v) is 12.7. The van der Waals surface area contributed by atoms with Gasteiger partial charge in [0.05, 0.1) is 17.5 Å². The molecule has 3 rings (SSSR count). The number of hydrogen-bond acceptors (Lipinski definition) is 7. The number of ether oxygens (including phenoxy) is 1. The van der Waals surface area contributed by atoms with Gasteiger partial charge in [0.15, 0.2) is 15.0 Å². The fourth-order valence-electron chi connectivity index (χ4n) is 4.03. The maximum absolute atomic E-state index is 12.6. The Morgan fingerprint density at radius 3 is 2.41 bits per heavy atom. The molecule has 34 heavy (non-hydrogen) atoms. The molecule has 2 heterocycles. The second-order valence-electron chi connectivity index (χ2n) is 9.33. The van der Waals surface area contributed by atoms with Gasteiger partial charge in [-0.1, -0.05) is 11.8 Å². The Labute approximate surface area is 206 Å². The van der Waals surface area contributed by atoms with Crippen LogP contribution < -0.4 is 15.1 Å². The van der Waals surface area contributed by atoms with E-state index in [4.69, 9.17) is 4.74 Å². The standard InChI is InChI=1S/C23H34N4O5S2/c1-6-26(7-2)16-8-10-17(11-9-16)27-18-14-34(30,31)15-19(18)33-21(27)25-20(28)12-13-24-22(29)32-23(3,4)5/h8-11,18-19H,6-7,12-15H2,1-5H3,(H,24,29)/t18-,19-/m1/s1. The molecule has 0 aromatic heterocycles. The summed E-state index contributed by atoms with van der Waals surface area (Å²) < 4.78 is 29.7. The second kappa shape index (κ2) is 10.6. The molecule has 9 nitrogen and oxygen atoms in total. The lowest BCUT2D eigenvalue weighted by molar-refractivity contribution is -0.117. The largest absolute Gasteiger partial charge is 0.444 e. The van der Waals surface area contributed by atoms with Crippen molar-refractivity contribution >= 4 is 50.1 Å². The molecule has 1 aromatic rings. The van der Waals surface area contributed by atoms with Gasteiger partial charge in [0.25, 0.3) is 0 Å². The van der Waals surface area contributed by atoms with Crippen molar-refractivity contribution in [3.8, 4) is 0 Å². The van der Waals surface area contributed by atoms with Crippen LogP contribution in [-0.4, -0.2) is 73.6 Å². The van der Waals surface area contributed by atoms with Crippen LogP contribution in [0, 0.1) is 0 Å². The molecule has 1 N–H and O–H groups in total. The lowest BCUT2D eigenvalue weighted by Gasteiger charge is -2.26. The summed E-state index contributed by atoms with van der Waals surface area (Å²) >= 11 is 1.34. The Balaban J connectivity index is 1.74. The molecule has 11 heteroatoms. The van der Waals surface area contributed by atoms with E-state index in [2.05, 4.69) is 29.1 Å². The first-order valence-corrected chi connectivity index (χ1v) is 14.2. The van der Waals surface area contributed by atoms with Gasteiger partial charge in [0, 0.05) is 42.7 Å². The summed E-state index contributed by atoms with van der Waals surface area (Å²) in [5, 5.41) is 2.90. The molecular weight excluding hydrogens is 476 g/mol. The Hall–Kier alpha value is -2.27. The summed E-state index contributed by atoms with van der Waals surface area (Å²) in [4.78, 5) is 32.7. The van der Waals surface area contributed by atoms with E-state index in [9.17, 15) is 18.0 Å². The number of fused-ring (bicyclic) bond motifs is 1. The van der Waals surface area contributed by atoms with Gasteiger partial charge >= 0.3 is 6.09 Å². The summed E-state index contributed by atoms with van der Waals surface area (Å²) in [7, 11) is -3.14. The minimum Gasteiger partial charge on any atom is -0.444 e. The van der Waals surface area contributed by atoms with Crippen molar-refractivity contribution in [2.75, 3.05) is 40.9 Å². The first-order valence-electron chi connectivity index (χ1n) is 11.5. The zero-order chi connectivity index (χ0) is 25.1. The number of aliphatic imine (C=N–C) groups is 1. The van der Waals surface area contributed by atoms with Crippen molar-refractivity contribution in [3.05, 3.63) is 24.3 Å². The van der Waals surface area contributed by atoms with Crippen molar-refractivity contribution in [2.24, 2.45) is 4.99 Å². The van der Waals surface area contributed by atoms with Crippen LogP contribution >= 0.6 is 11.8 Å². The van der Waals surface area contributed by atoms with Crippen molar-refractivity contribution in [1.29, 1.82) is 0 Å². The molecule has 2 saturated heterocycles. The van der Waals surface area contributed by atoms with Crippen LogP contribution in [0.1, 0.15) is 41.0 Å². The summed E-state index contributed by atoms with van der Waals surface area (Å²) in [5.41, 5.74) is 1.28. The van der Waals surface area contributed by atoms with Crippen LogP contribution in [0.15, 0.2) is 29.3 Å². The molecule has 0 bridgehead atoms. The molecule has 2 amide bonds. The average Bonchev–Trinajstić information content (AvgIpc) is 3.18. The quantitative estimate of drug-likeness (QED) is 0.596. The van der Waals surface area contributed by atoms with E-state index in [-0.39, 0.29) is 41.7 Å². The highest BCUT2D eigenvalue weighted by atomic mass is 32.2. The lowest BCUT2D eigenvalue weighted by atomic mass is 10.2. The van der Waals surface area contributed by atoms with Gasteiger partial charge < -0.3 is 19.9 Å². The minimum atomic E-state index is -3.14. The maximum Gasteiger partial charge on any atom is 0.407 e. The molecule has 0 saturated carbocycles. The van der Waals surface area contributed by atoms with E-state index in [1.807, 2.05) is 29.2 Å². The van der Waals surface area contributed by atoms with Crippen molar-refractivity contribution in [1.82, 2.24) is 5.32 Å². The number of sulfone groups is 1. The molecule has 2 atom stereocenters. The predicted molar refractivity (Wildman–Crippen MR) is 138 cm³/mol. The van der Waals surface area contributed by atoms with Crippen LogP contribution in [0.25, 0.3) is 0 Å². The summed E-state index contributed by atoms with van der Waals surface area (Å²) in [6.45, 7) is 11.4. The summed E-state index contributed by atoms with van der Waals surface area (Å²) in [6, 6.07) is 7.65. The van der Waals surface area contributed by atoms with Crippen molar-refractivity contribution in [3.63, 3.8) is 0 Å². The lowest BCUT2D eigenvalue weighted by Crippen LogP contribution is -2.38. The number of amides is 2. The monoisotopic (exact) mass is 510 g/mol. The Morgan fingerprint density at radius 2 is 1.82 bits per heavy atom. The maximum atomic E-state index is 12.6. The highest BCUT2D eigenvalue weighted by Crippen LogP contribution is 2.41. The number of anilines is 2. The molecule has 2 fully saturated rings.